The Morgan fingerprint density at radius 1 is 1.11 bits per heavy atom. The third-order valence-electron chi connectivity index (χ3n) is 4.71. The number of nitrogens with zero attached hydrogens (tertiary/aromatic N) is 4. The second-order valence-electron chi connectivity index (χ2n) is 6.71. The number of anilines is 1. The maximum absolute atomic E-state index is 12.0. The Labute approximate surface area is 165 Å². The van der Waals surface area contributed by atoms with E-state index >= 15 is 0 Å². The molecule has 0 aliphatic carbocycles. The topological polar surface area (TPSA) is 61.4 Å². The molecular weight excluding hydrogens is 362 g/mol. The lowest BCUT2D eigenvalue weighted by Gasteiger charge is -2.34. The number of aryl methyl sites for hydroxylation is 1. The molecule has 1 aliphatic rings. The summed E-state index contributed by atoms with van der Waals surface area (Å²) >= 11 is 5.97. The average Bonchev–Trinajstić information content (AvgIpc) is 2.71. The first-order valence-corrected chi connectivity index (χ1v) is 9.84. The molecule has 0 unspecified atom stereocenters. The van der Waals surface area contributed by atoms with Crippen molar-refractivity contribution < 1.29 is 4.79 Å². The molecular formula is C20H26ClN5O. The number of halogens is 1. The van der Waals surface area contributed by atoms with E-state index in [1.165, 1.54) is 0 Å². The molecule has 1 aromatic heterocycles. The van der Waals surface area contributed by atoms with Crippen molar-refractivity contribution in [3.05, 3.63) is 53.3 Å². The predicted molar refractivity (Wildman–Crippen MR) is 108 cm³/mol. The maximum atomic E-state index is 12.0. The van der Waals surface area contributed by atoms with Crippen LogP contribution in [0.25, 0.3) is 0 Å². The van der Waals surface area contributed by atoms with Gasteiger partial charge in [0.15, 0.2) is 0 Å². The summed E-state index contributed by atoms with van der Waals surface area (Å²) < 4.78 is 0. The molecule has 2 aromatic rings. The summed E-state index contributed by atoms with van der Waals surface area (Å²) in [5.41, 5.74) is 1.10. The van der Waals surface area contributed by atoms with Crippen LogP contribution in [0.5, 0.6) is 0 Å². The lowest BCUT2D eigenvalue weighted by atomic mass is 10.1. The molecule has 0 spiro atoms. The van der Waals surface area contributed by atoms with Gasteiger partial charge in [-0.3, -0.25) is 9.69 Å². The van der Waals surface area contributed by atoms with E-state index in [0.29, 0.717) is 11.4 Å². The molecule has 1 saturated heterocycles. The monoisotopic (exact) mass is 387 g/mol. The zero-order valence-electron chi connectivity index (χ0n) is 15.5. The third kappa shape index (κ3) is 6.48. The summed E-state index contributed by atoms with van der Waals surface area (Å²) in [6.45, 7) is 5.60. The molecule has 1 aliphatic heterocycles. The molecule has 0 bridgehead atoms. The molecule has 7 heteroatoms. The van der Waals surface area contributed by atoms with Crippen LogP contribution in [0, 0.1) is 0 Å². The molecule has 1 fully saturated rings. The number of aromatic nitrogens is 2. The van der Waals surface area contributed by atoms with Crippen LogP contribution in [0.3, 0.4) is 0 Å². The molecule has 144 valence electrons. The summed E-state index contributed by atoms with van der Waals surface area (Å²) in [7, 11) is 0. The number of rotatable bonds is 8. The van der Waals surface area contributed by atoms with Gasteiger partial charge in [0, 0.05) is 56.6 Å². The lowest BCUT2D eigenvalue weighted by molar-refractivity contribution is -0.121. The number of piperazine rings is 1. The van der Waals surface area contributed by atoms with Gasteiger partial charge in [-0.25, -0.2) is 9.97 Å². The minimum atomic E-state index is 0.0982. The van der Waals surface area contributed by atoms with Gasteiger partial charge in [0.25, 0.3) is 0 Å². The van der Waals surface area contributed by atoms with Crippen molar-refractivity contribution in [3.8, 4) is 0 Å². The number of carbonyl (C=O) groups excluding carboxylic acids is 1. The van der Waals surface area contributed by atoms with Gasteiger partial charge in [-0.15, -0.1) is 0 Å². The van der Waals surface area contributed by atoms with Crippen molar-refractivity contribution in [2.24, 2.45) is 0 Å². The van der Waals surface area contributed by atoms with Crippen LogP contribution in [0.1, 0.15) is 18.4 Å². The van der Waals surface area contributed by atoms with Crippen molar-refractivity contribution in [1.82, 2.24) is 20.2 Å². The number of hydrogen-bond acceptors (Lipinski definition) is 5. The SMILES string of the molecule is O=C(CCc1cccc(Cl)c1)NCCCN1CCN(c2ncccn2)CC1. The average molecular weight is 388 g/mol. The molecule has 1 amide bonds. The Morgan fingerprint density at radius 2 is 1.89 bits per heavy atom. The van der Waals surface area contributed by atoms with E-state index in [9.17, 15) is 4.79 Å². The molecule has 0 radical (unpaired) electrons. The van der Waals surface area contributed by atoms with E-state index in [1.807, 2.05) is 30.3 Å². The van der Waals surface area contributed by atoms with Gasteiger partial charge < -0.3 is 10.2 Å². The first-order valence-electron chi connectivity index (χ1n) is 9.46. The van der Waals surface area contributed by atoms with Crippen LogP contribution in [-0.4, -0.2) is 60.0 Å². The first kappa shape index (κ1) is 19.6. The van der Waals surface area contributed by atoms with E-state index in [2.05, 4.69) is 25.1 Å². The van der Waals surface area contributed by atoms with Crippen LogP contribution in [0.15, 0.2) is 42.7 Å². The van der Waals surface area contributed by atoms with Gasteiger partial charge >= 0.3 is 0 Å². The Hall–Kier alpha value is -2.18. The Balaban J connectivity index is 1.27. The smallest absolute Gasteiger partial charge is 0.225 e. The van der Waals surface area contributed by atoms with Crippen molar-refractivity contribution in [3.63, 3.8) is 0 Å². The molecule has 1 N–H and O–H groups in total. The molecule has 6 nitrogen and oxygen atoms in total. The van der Waals surface area contributed by atoms with Crippen LogP contribution < -0.4 is 10.2 Å². The fourth-order valence-electron chi connectivity index (χ4n) is 3.20. The fraction of sp³-hybridized carbons (Fsp3) is 0.450. The Morgan fingerprint density at radius 3 is 2.63 bits per heavy atom. The zero-order chi connectivity index (χ0) is 18.9. The van der Waals surface area contributed by atoms with Crippen molar-refractivity contribution in [2.75, 3.05) is 44.2 Å². The molecule has 27 heavy (non-hydrogen) atoms. The van der Waals surface area contributed by atoms with Gasteiger partial charge in [0.05, 0.1) is 0 Å². The summed E-state index contributed by atoms with van der Waals surface area (Å²) in [5, 5.41) is 3.73. The number of carbonyl (C=O) groups is 1. The van der Waals surface area contributed by atoms with E-state index in [4.69, 9.17) is 11.6 Å². The number of nitrogens with one attached hydrogen (secondary N) is 1. The van der Waals surface area contributed by atoms with Crippen LogP contribution >= 0.6 is 11.6 Å². The summed E-state index contributed by atoms with van der Waals surface area (Å²) in [6, 6.07) is 9.51. The second kappa shape index (κ2) is 10.2. The fourth-order valence-corrected chi connectivity index (χ4v) is 3.41. The quantitative estimate of drug-likeness (QED) is 0.705. The van der Waals surface area contributed by atoms with Gasteiger partial charge in [0.2, 0.25) is 11.9 Å². The lowest BCUT2D eigenvalue weighted by Crippen LogP contribution is -2.47. The van der Waals surface area contributed by atoms with Gasteiger partial charge in [0.1, 0.15) is 0 Å². The number of benzene rings is 1. The molecule has 1 aromatic carbocycles. The Bertz CT molecular complexity index is 719. The van der Waals surface area contributed by atoms with Gasteiger partial charge in [-0.05, 0) is 43.1 Å². The molecule has 0 saturated carbocycles. The second-order valence-corrected chi connectivity index (χ2v) is 7.15. The van der Waals surface area contributed by atoms with Crippen LogP contribution in [-0.2, 0) is 11.2 Å². The van der Waals surface area contributed by atoms with E-state index in [0.717, 1.165) is 63.6 Å². The highest BCUT2D eigenvalue weighted by Crippen LogP contribution is 2.12. The van der Waals surface area contributed by atoms with Crippen LogP contribution in [0.2, 0.25) is 5.02 Å². The highest BCUT2D eigenvalue weighted by Gasteiger charge is 2.18. The molecule has 2 heterocycles. The van der Waals surface area contributed by atoms with Crippen molar-refractivity contribution >= 4 is 23.5 Å². The van der Waals surface area contributed by atoms with E-state index in [-0.39, 0.29) is 5.91 Å². The molecule has 0 atom stereocenters. The van der Waals surface area contributed by atoms with Gasteiger partial charge in [-0.2, -0.15) is 0 Å². The predicted octanol–water partition coefficient (Wildman–Crippen LogP) is 2.39. The zero-order valence-corrected chi connectivity index (χ0v) is 16.2. The summed E-state index contributed by atoms with van der Waals surface area (Å²) in [4.78, 5) is 25.2. The van der Waals surface area contributed by atoms with Crippen LogP contribution in [0.4, 0.5) is 5.95 Å². The largest absolute Gasteiger partial charge is 0.356 e. The third-order valence-corrected chi connectivity index (χ3v) is 4.95. The standard InChI is InChI=1S/C20H26ClN5O/c21-18-5-1-4-17(16-18)6-7-19(27)22-10-3-11-25-12-14-26(15-13-25)20-23-8-2-9-24-20/h1-2,4-5,8-9,16H,3,6-7,10-15H2,(H,22,27). The minimum absolute atomic E-state index is 0.0982. The van der Waals surface area contributed by atoms with E-state index in [1.54, 1.807) is 12.4 Å². The highest BCUT2D eigenvalue weighted by molar-refractivity contribution is 6.30. The normalized spacial score (nSPS) is 14.9. The van der Waals surface area contributed by atoms with Gasteiger partial charge in [-0.1, -0.05) is 23.7 Å². The van der Waals surface area contributed by atoms with Crippen molar-refractivity contribution in [1.29, 1.82) is 0 Å². The van der Waals surface area contributed by atoms with E-state index < -0.39 is 0 Å². The maximum Gasteiger partial charge on any atom is 0.225 e. The number of amides is 1. The Kier molecular flexibility index (Phi) is 7.42. The first-order chi connectivity index (χ1) is 13.2. The molecule has 3 rings (SSSR count). The highest BCUT2D eigenvalue weighted by atomic mass is 35.5. The summed E-state index contributed by atoms with van der Waals surface area (Å²) in [5.74, 6) is 0.908. The number of hydrogen-bond donors (Lipinski definition) is 1. The summed E-state index contributed by atoms with van der Waals surface area (Å²) in [6.07, 6.45) is 5.74. The van der Waals surface area contributed by atoms with Crippen molar-refractivity contribution in [2.45, 2.75) is 19.3 Å². The minimum Gasteiger partial charge on any atom is -0.356 e.